The highest BCUT2D eigenvalue weighted by Crippen LogP contribution is 2.13. The van der Waals surface area contributed by atoms with E-state index in [0.29, 0.717) is 5.69 Å². The molecule has 96 valence electrons. The lowest BCUT2D eigenvalue weighted by Gasteiger charge is -2.05. The van der Waals surface area contributed by atoms with Crippen molar-refractivity contribution >= 4 is 33.4 Å². The van der Waals surface area contributed by atoms with Crippen LogP contribution in [-0.2, 0) is 14.8 Å². The first kappa shape index (κ1) is 14.5. The summed E-state index contributed by atoms with van der Waals surface area (Å²) in [7, 11) is -3.72. The maximum atomic E-state index is 11.4. The van der Waals surface area contributed by atoms with E-state index in [0.717, 1.165) is 0 Å². The summed E-state index contributed by atoms with van der Waals surface area (Å²) in [5, 5.41) is 15.8. The van der Waals surface area contributed by atoms with Crippen LogP contribution >= 0.6 is 11.8 Å². The molecule has 0 aromatic heterocycles. The average molecular weight is 285 g/mol. The molecule has 0 saturated carbocycles. The Labute approximate surface area is 109 Å². The number of anilines is 1. The molecule has 0 aliphatic rings. The molecule has 1 aromatic rings. The number of nitrogens with one attached hydrogen (secondary N) is 1. The lowest BCUT2D eigenvalue weighted by atomic mass is 10.3. The molecule has 0 unspecified atom stereocenters. The first-order valence-electron chi connectivity index (χ1n) is 4.81. The fourth-order valence-corrected chi connectivity index (χ4v) is 2.08. The zero-order chi connectivity index (χ0) is 13.6. The lowest BCUT2D eigenvalue weighted by Crippen LogP contribution is -2.15. The molecule has 8 heteroatoms. The smallest absolute Gasteiger partial charge is 0.238 e. The minimum Gasteiger partial charge on any atom is -0.325 e. The Kier molecular flexibility index (Phi) is 5.15. The summed E-state index contributed by atoms with van der Waals surface area (Å²) < 4.78 is 22.0. The molecule has 18 heavy (non-hydrogen) atoms. The van der Waals surface area contributed by atoms with Gasteiger partial charge < -0.3 is 5.32 Å². The predicted octanol–water partition coefficient (Wildman–Crippen LogP) is 0.529. The number of nitrogens with two attached hydrogens (primary N) is 1. The Morgan fingerprint density at radius 3 is 2.50 bits per heavy atom. The first-order chi connectivity index (χ1) is 8.43. The van der Waals surface area contributed by atoms with Crippen LogP contribution < -0.4 is 10.5 Å². The van der Waals surface area contributed by atoms with E-state index in [1.807, 2.05) is 6.07 Å². The van der Waals surface area contributed by atoms with Gasteiger partial charge in [0.25, 0.3) is 0 Å². The van der Waals surface area contributed by atoms with Gasteiger partial charge in [0, 0.05) is 5.69 Å². The number of primary sulfonamides is 1. The summed E-state index contributed by atoms with van der Waals surface area (Å²) in [6.45, 7) is 0. The number of hydrogen-bond acceptors (Lipinski definition) is 5. The van der Waals surface area contributed by atoms with Gasteiger partial charge in [0.05, 0.1) is 22.5 Å². The lowest BCUT2D eigenvalue weighted by molar-refractivity contribution is -0.113. The van der Waals surface area contributed by atoms with Crippen LogP contribution in [0.25, 0.3) is 0 Å². The van der Waals surface area contributed by atoms with Crippen molar-refractivity contribution in [3.63, 3.8) is 0 Å². The van der Waals surface area contributed by atoms with Crippen LogP contribution in [-0.4, -0.2) is 25.8 Å². The number of sulfonamides is 1. The van der Waals surface area contributed by atoms with Crippen molar-refractivity contribution < 1.29 is 13.2 Å². The number of nitrogens with zero attached hydrogens (tertiary/aromatic N) is 1. The second-order valence-corrected chi connectivity index (χ2v) is 5.82. The summed E-state index contributed by atoms with van der Waals surface area (Å²) in [6.07, 6.45) is 0. The van der Waals surface area contributed by atoms with Gasteiger partial charge >= 0.3 is 0 Å². The SMILES string of the molecule is N#CCSCC(=O)Nc1ccc(S(N)(=O)=O)cc1. The van der Waals surface area contributed by atoms with E-state index in [4.69, 9.17) is 10.4 Å². The molecule has 0 atom stereocenters. The zero-order valence-corrected chi connectivity index (χ0v) is 10.9. The van der Waals surface area contributed by atoms with Gasteiger partial charge in [-0.05, 0) is 24.3 Å². The number of carbonyl (C=O) groups is 1. The number of rotatable bonds is 5. The predicted molar refractivity (Wildman–Crippen MR) is 69.4 cm³/mol. The zero-order valence-electron chi connectivity index (χ0n) is 9.29. The van der Waals surface area contributed by atoms with Crippen LogP contribution in [0, 0.1) is 11.3 Å². The topological polar surface area (TPSA) is 113 Å². The number of carbonyl (C=O) groups excluding carboxylic acids is 1. The van der Waals surface area contributed by atoms with Gasteiger partial charge in [-0.15, -0.1) is 11.8 Å². The normalized spacial score (nSPS) is 10.7. The van der Waals surface area contributed by atoms with Crippen molar-refractivity contribution in [2.24, 2.45) is 5.14 Å². The van der Waals surface area contributed by atoms with Crippen LogP contribution in [0.4, 0.5) is 5.69 Å². The third-order valence-electron chi connectivity index (χ3n) is 1.87. The molecule has 0 aliphatic carbocycles. The molecule has 3 N–H and O–H groups in total. The van der Waals surface area contributed by atoms with E-state index >= 15 is 0 Å². The second-order valence-electron chi connectivity index (χ2n) is 3.27. The number of thioether (sulfide) groups is 1. The molecule has 0 spiro atoms. The summed E-state index contributed by atoms with van der Waals surface area (Å²) in [5.41, 5.74) is 0.477. The second kappa shape index (κ2) is 6.39. The molecule has 0 aliphatic heterocycles. The van der Waals surface area contributed by atoms with Gasteiger partial charge in [-0.1, -0.05) is 0 Å². The van der Waals surface area contributed by atoms with Gasteiger partial charge in [0.2, 0.25) is 15.9 Å². The van der Waals surface area contributed by atoms with Crippen molar-refractivity contribution in [1.29, 1.82) is 5.26 Å². The van der Waals surface area contributed by atoms with Crippen molar-refractivity contribution in [3.8, 4) is 6.07 Å². The van der Waals surface area contributed by atoms with Crippen LogP contribution in [0.15, 0.2) is 29.2 Å². The summed E-state index contributed by atoms with van der Waals surface area (Å²) in [5.74, 6) is 0.168. The van der Waals surface area contributed by atoms with Crippen molar-refractivity contribution in [1.82, 2.24) is 0 Å². The van der Waals surface area contributed by atoms with Crippen LogP contribution in [0.3, 0.4) is 0 Å². The van der Waals surface area contributed by atoms with Gasteiger partial charge in [-0.2, -0.15) is 5.26 Å². The standard InChI is InChI=1S/C10H11N3O3S2/c11-5-6-17-7-10(14)13-8-1-3-9(4-2-8)18(12,15)16/h1-4H,6-7H2,(H,13,14)(H2,12,15,16). The van der Waals surface area contributed by atoms with E-state index in [1.165, 1.54) is 36.0 Å². The Hall–Kier alpha value is -1.56. The minimum absolute atomic E-state index is 0.0145. The van der Waals surface area contributed by atoms with Crippen LogP contribution in [0.5, 0.6) is 0 Å². The van der Waals surface area contributed by atoms with Gasteiger partial charge in [-0.25, -0.2) is 13.6 Å². The molecule has 0 bridgehead atoms. The van der Waals surface area contributed by atoms with Crippen LogP contribution in [0.2, 0.25) is 0 Å². The highest BCUT2D eigenvalue weighted by atomic mass is 32.2. The average Bonchev–Trinajstić information content (AvgIpc) is 2.29. The fourth-order valence-electron chi connectivity index (χ4n) is 1.11. The van der Waals surface area contributed by atoms with E-state index in [-0.39, 0.29) is 22.3 Å². The Morgan fingerprint density at radius 1 is 1.39 bits per heavy atom. The maximum Gasteiger partial charge on any atom is 0.238 e. The number of benzene rings is 1. The summed E-state index contributed by atoms with van der Waals surface area (Å²) >= 11 is 1.20. The number of nitriles is 1. The van der Waals surface area contributed by atoms with E-state index in [2.05, 4.69) is 5.32 Å². The molecule has 0 heterocycles. The molecule has 1 amide bonds. The Balaban J connectivity index is 2.59. The largest absolute Gasteiger partial charge is 0.325 e. The van der Waals surface area contributed by atoms with E-state index in [9.17, 15) is 13.2 Å². The van der Waals surface area contributed by atoms with E-state index < -0.39 is 10.0 Å². The van der Waals surface area contributed by atoms with E-state index in [1.54, 1.807) is 0 Å². The minimum atomic E-state index is -3.72. The fraction of sp³-hybridized carbons (Fsp3) is 0.200. The third kappa shape index (κ3) is 4.75. The third-order valence-corrected chi connectivity index (χ3v) is 3.60. The highest BCUT2D eigenvalue weighted by Gasteiger charge is 2.07. The maximum absolute atomic E-state index is 11.4. The van der Waals surface area contributed by atoms with Gasteiger partial charge in [0.1, 0.15) is 0 Å². The van der Waals surface area contributed by atoms with Gasteiger partial charge in [-0.3, -0.25) is 4.79 Å². The van der Waals surface area contributed by atoms with Crippen molar-refractivity contribution in [2.75, 3.05) is 16.8 Å². The van der Waals surface area contributed by atoms with Crippen molar-refractivity contribution in [2.45, 2.75) is 4.90 Å². The molecule has 0 radical (unpaired) electrons. The molecule has 0 fully saturated rings. The number of amides is 1. The van der Waals surface area contributed by atoms with Crippen LogP contribution in [0.1, 0.15) is 0 Å². The molecule has 1 aromatic carbocycles. The molecular formula is C10H11N3O3S2. The quantitative estimate of drug-likeness (QED) is 0.766. The summed E-state index contributed by atoms with van der Waals surface area (Å²) in [4.78, 5) is 11.4. The Morgan fingerprint density at radius 2 is 2.00 bits per heavy atom. The molecular weight excluding hydrogens is 274 g/mol. The highest BCUT2D eigenvalue weighted by molar-refractivity contribution is 8.00. The first-order valence-corrected chi connectivity index (χ1v) is 7.51. The summed E-state index contributed by atoms with van der Waals surface area (Å²) in [6, 6.07) is 7.44. The monoisotopic (exact) mass is 285 g/mol. The van der Waals surface area contributed by atoms with Gasteiger partial charge in [0.15, 0.2) is 0 Å². The van der Waals surface area contributed by atoms with Crippen molar-refractivity contribution in [3.05, 3.63) is 24.3 Å². The Bertz CT molecular complexity index is 561. The number of hydrogen-bond donors (Lipinski definition) is 2. The molecule has 6 nitrogen and oxygen atoms in total. The molecule has 1 rings (SSSR count). The molecule has 0 saturated heterocycles.